The standard InChI is InChI=1S/C25H20BrNO3/c1-15-3-7-18(8-4-15)23(28)21-22(17-9-11-19(26)12-10-17)27(25(30)24(21)29)20-13-5-16(2)6-14-20/h3-14,22,28H,1-2H3/b23-21+/t22-/m1/s1. The zero-order valence-electron chi connectivity index (χ0n) is 16.6. The number of hydrogen-bond acceptors (Lipinski definition) is 3. The first-order valence-electron chi connectivity index (χ1n) is 9.57. The van der Waals surface area contributed by atoms with Gasteiger partial charge in [0.15, 0.2) is 0 Å². The molecule has 1 heterocycles. The zero-order valence-corrected chi connectivity index (χ0v) is 18.2. The maximum atomic E-state index is 13.1. The van der Waals surface area contributed by atoms with Gasteiger partial charge in [-0.1, -0.05) is 75.6 Å². The molecule has 0 saturated carbocycles. The van der Waals surface area contributed by atoms with E-state index >= 15 is 0 Å². The van der Waals surface area contributed by atoms with E-state index < -0.39 is 17.7 Å². The summed E-state index contributed by atoms with van der Waals surface area (Å²) in [4.78, 5) is 27.6. The summed E-state index contributed by atoms with van der Waals surface area (Å²) in [6.07, 6.45) is 0. The number of amides is 1. The zero-order chi connectivity index (χ0) is 21.4. The molecule has 150 valence electrons. The van der Waals surface area contributed by atoms with E-state index in [1.165, 1.54) is 4.90 Å². The van der Waals surface area contributed by atoms with E-state index in [9.17, 15) is 14.7 Å². The van der Waals surface area contributed by atoms with Gasteiger partial charge in [0.1, 0.15) is 5.76 Å². The minimum atomic E-state index is -0.720. The van der Waals surface area contributed by atoms with E-state index in [0.29, 0.717) is 11.3 Å². The third-order valence-electron chi connectivity index (χ3n) is 5.27. The highest BCUT2D eigenvalue weighted by Crippen LogP contribution is 2.42. The summed E-state index contributed by atoms with van der Waals surface area (Å²) in [5.41, 5.74) is 4.04. The summed E-state index contributed by atoms with van der Waals surface area (Å²) in [6, 6.07) is 21.4. The molecule has 0 aliphatic carbocycles. The van der Waals surface area contributed by atoms with Crippen LogP contribution in [0.4, 0.5) is 5.69 Å². The van der Waals surface area contributed by atoms with Crippen molar-refractivity contribution in [2.75, 3.05) is 4.90 Å². The van der Waals surface area contributed by atoms with Gasteiger partial charge in [-0.3, -0.25) is 14.5 Å². The van der Waals surface area contributed by atoms with Gasteiger partial charge in [0, 0.05) is 15.7 Å². The topological polar surface area (TPSA) is 57.6 Å². The summed E-state index contributed by atoms with van der Waals surface area (Å²) >= 11 is 3.42. The van der Waals surface area contributed by atoms with Crippen molar-refractivity contribution in [2.24, 2.45) is 0 Å². The molecular weight excluding hydrogens is 442 g/mol. The van der Waals surface area contributed by atoms with Gasteiger partial charge in [0.2, 0.25) is 0 Å². The van der Waals surface area contributed by atoms with Crippen LogP contribution >= 0.6 is 15.9 Å². The molecule has 1 atom stereocenters. The Morgan fingerprint density at radius 1 is 0.833 bits per heavy atom. The predicted octanol–water partition coefficient (Wildman–Crippen LogP) is 5.69. The van der Waals surface area contributed by atoms with E-state index in [1.807, 2.05) is 74.5 Å². The lowest BCUT2D eigenvalue weighted by Crippen LogP contribution is -2.29. The molecule has 0 radical (unpaired) electrons. The van der Waals surface area contributed by atoms with Gasteiger partial charge in [0.05, 0.1) is 11.6 Å². The van der Waals surface area contributed by atoms with Gasteiger partial charge in [-0.25, -0.2) is 0 Å². The fourth-order valence-corrected chi connectivity index (χ4v) is 3.90. The van der Waals surface area contributed by atoms with Gasteiger partial charge in [-0.2, -0.15) is 0 Å². The lowest BCUT2D eigenvalue weighted by molar-refractivity contribution is -0.132. The molecule has 0 bridgehead atoms. The molecule has 4 nitrogen and oxygen atoms in total. The van der Waals surface area contributed by atoms with Crippen molar-refractivity contribution < 1.29 is 14.7 Å². The average Bonchev–Trinajstić information content (AvgIpc) is 3.00. The Kier molecular flexibility index (Phi) is 5.31. The minimum absolute atomic E-state index is 0.0896. The van der Waals surface area contributed by atoms with Gasteiger partial charge in [0.25, 0.3) is 11.7 Å². The fourth-order valence-electron chi connectivity index (χ4n) is 3.63. The first-order valence-corrected chi connectivity index (χ1v) is 10.4. The van der Waals surface area contributed by atoms with Crippen molar-refractivity contribution >= 4 is 39.1 Å². The third-order valence-corrected chi connectivity index (χ3v) is 5.80. The number of anilines is 1. The molecule has 1 aliphatic heterocycles. The number of hydrogen-bond donors (Lipinski definition) is 1. The lowest BCUT2D eigenvalue weighted by atomic mass is 9.95. The van der Waals surface area contributed by atoms with Crippen LogP contribution in [0.5, 0.6) is 0 Å². The van der Waals surface area contributed by atoms with Crippen LogP contribution < -0.4 is 4.90 Å². The van der Waals surface area contributed by atoms with E-state index in [1.54, 1.807) is 12.1 Å². The summed E-state index contributed by atoms with van der Waals surface area (Å²) < 4.78 is 0.886. The monoisotopic (exact) mass is 461 g/mol. The minimum Gasteiger partial charge on any atom is -0.507 e. The molecule has 30 heavy (non-hydrogen) atoms. The number of ketones is 1. The van der Waals surface area contributed by atoms with E-state index in [2.05, 4.69) is 15.9 Å². The second-order valence-electron chi connectivity index (χ2n) is 7.42. The van der Waals surface area contributed by atoms with Crippen LogP contribution in [-0.4, -0.2) is 16.8 Å². The van der Waals surface area contributed by atoms with Crippen molar-refractivity contribution in [2.45, 2.75) is 19.9 Å². The number of Topliss-reactive ketones (excluding diaryl/α,β-unsaturated/α-hetero) is 1. The molecule has 0 unspecified atom stereocenters. The first-order chi connectivity index (χ1) is 14.4. The van der Waals surface area contributed by atoms with E-state index in [0.717, 1.165) is 21.2 Å². The molecule has 4 rings (SSSR count). The Morgan fingerprint density at radius 2 is 1.37 bits per heavy atom. The molecule has 5 heteroatoms. The summed E-state index contributed by atoms with van der Waals surface area (Å²) in [5, 5.41) is 11.1. The Hall–Kier alpha value is -3.18. The fraction of sp³-hybridized carbons (Fsp3) is 0.120. The number of rotatable bonds is 3. The Morgan fingerprint density at radius 3 is 1.93 bits per heavy atom. The number of aliphatic hydroxyl groups excluding tert-OH is 1. The molecule has 3 aromatic rings. The molecule has 0 spiro atoms. The second kappa shape index (κ2) is 7.92. The van der Waals surface area contributed by atoms with Gasteiger partial charge in [-0.15, -0.1) is 0 Å². The quantitative estimate of drug-likeness (QED) is 0.309. The predicted molar refractivity (Wildman–Crippen MR) is 121 cm³/mol. The van der Waals surface area contributed by atoms with E-state index in [-0.39, 0.29) is 11.3 Å². The third kappa shape index (κ3) is 3.57. The van der Waals surface area contributed by atoms with Gasteiger partial charge >= 0.3 is 0 Å². The maximum Gasteiger partial charge on any atom is 0.300 e. The number of halogens is 1. The number of carbonyl (C=O) groups excluding carboxylic acids is 2. The Labute approximate surface area is 183 Å². The van der Waals surface area contributed by atoms with E-state index in [4.69, 9.17) is 0 Å². The molecular formula is C25H20BrNO3. The van der Waals surface area contributed by atoms with Crippen LogP contribution in [0.3, 0.4) is 0 Å². The van der Waals surface area contributed by atoms with Crippen molar-refractivity contribution in [1.82, 2.24) is 0 Å². The van der Waals surface area contributed by atoms with Crippen LogP contribution in [0, 0.1) is 13.8 Å². The normalized spacial score (nSPS) is 18.1. The van der Waals surface area contributed by atoms with Gasteiger partial charge < -0.3 is 5.11 Å². The molecule has 1 saturated heterocycles. The summed E-state index contributed by atoms with van der Waals surface area (Å²) in [7, 11) is 0. The van der Waals surface area contributed by atoms with Crippen LogP contribution in [0.15, 0.2) is 82.8 Å². The number of carbonyl (C=O) groups is 2. The first kappa shape index (κ1) is 20.1. The lowest BCUT2D eigenvalue weighted by Gasteiger charge is -2.25. The van der Waals surface area contributed by atoms with Crippen LogP contribution in [-0.2, 0) is 9.59 Å². The van der Waals surface area contributed by atoms with Crippen molar-refractivity contribution in [3.63, 3.8) is 0 Å². The van der Waals surface area contributed by atoms with Crippen molar-refractivity contribution in [1.29, 1.82) is 0 Å². The smallest absolute Gasteiger partial charge is 0.300 e. The molecule has 1 aliphatic rings. The summed E-state index contributed by atoms with van der Waals surface area (Å²) in [6.45, 7) is 3.91. The summed E-state index contributed by atoms with van der Waals surface area (Å²) in [5.74, 6) is -1.52. The second-order valence-corrected chi connectivity index (χ2v) is 8.34. The number of aryl methyl sites for hydroxylation is 2. The molecule has 1 N–H and O–H groups in total. The van der Waals surface area contributed by atoms with Crippen molar-refractivity contribution in [3.05, 3.63) is 105 Å². The molecule has 3 aromatic carbocycles. The number of nitrogens with zero attached hydrogens (tertiary/aromatic N) is 1. The number of benzene rings is 3. The molecule has 0 aromatic heterocycles. The van der Waals surface area contributed by atoms with Crippen molar-refractivity contribution in [3.8, 4) is 0 Å². The average molecular weight is 462 g/mol. The van der Waals surface area contributed by atoms with Gasteiger partial charge in [-0.05, 0) is 43.7 Å². The van der Waals surface area contributed by atoms with Crippen LogP contribution in [0.2, 0.25) is 0 Å². The molecule has 1 amide bonds. The highest BCUT2D eigenvalue weighted by Gasteiger charge is 2.46. The Bertz CT molecular complexity index is 1150. The number of aliphatic hydroxyl groups is 1. The SMILES string of the molecule is Cc1ccc(/C(O)=C2\C(=O)C(=O)N(c3ccc(C)cc3)[C@@H]2c2ccc(Br)cc2)cc1. The van der Waals surface area contributed by atoms with Crippen LogP contribution in [0.1, 0.15) is 28.3 Å². The highest BCUT2D eigenvalue weighted by atomic mass is 79.9. The molecule has 1 fully saturated rings. The highest BCUT2D eigenvalue weighted by molar-refractivity contribution is 9.10. The Balaban J connectivity index is 1.93. The largest absolute Gasteiger partial charge is 0.507 e. The maximum absolute atomic E-state index is 13.1. The van der Waals surface area contributed by atoms with Crippen LogP contribution in [0.25, 0.3) is 5.76 Å².